The zero-order valence-corrected chi connectivity index (χ0v) is 22.8. The number of carbonyl (C=O) groups excluding carboxylic acids is 1. The van der Waals surface area contributed by atoms with Crippen LogP contribution in [-0.2, 0) is 0 Å². The topological polar surface area (TPSA) is 107 Å². The molecular weight excluding hydrogens is 539 g/mol. The van der Waals surface area contributed by atoms with Gasteiger partial charge in [0, 0.05) is 30.8 Å². The van der Waals surface area contributed by atoms with Crippen LogP contribution in [0, 0.1) is 12.7 Å². The Hall–Kier alpha value is -4.44. The molecular formula is C29H26ClFN4O5. The average Bonchev–Trinajstić information content (AvgIpc) is 3.42. The van der Waals surface area contributed by atoms with Crippen LogP contribution in [-0.4, -0.2) is 57.8 Å². The highest BCUT2D eigenvalue weighted by Gasteiger charge is 2.35. The number of carbonyl (C=O) groups is 1. The summed E-state index contributed by atoms with van der Waals surface area (Å²) < 4.78 is 26.9. The zero-order valence-electron chi connectivity index (χ0n) is 22.0. The Labute approximate surface area is 234 Å². The summed E-state index contributed by atoms with van der Waals surface area (Å²) in [4.78, 5) is 36.8. The lowest BCUT2D eigenvalue weighted by molar-refractivity contribution is 0.0784. The molecule has 1 fully saturated rings. The van der Waals surface area contributed by atoms with Crippen LogP contribution >= 0.6 is 11.6 Å². The molecule has 11 heteroatoms. The first-order valence-electron chi connectivity index (χ1n) is 12.5. The number of rotatable bonds is 6. The van der Waals surface area contributed by atoms with E-state index in [1.807, 2.05) is 13.0 Å². The van der Waals surface area contributed by atoms with E-state index in [-0.39, 0.29) is 35.3 Å². The molecule has 0 bridgehead atoms. The molecule has 1 amide bonds. The Morgan fingerprint density at radius 1 is 1.12 bits per heavy atom. The number of hydrogen-bond donors (Lipinski definition) is 1. The van der Waals surface area contributed by atoms with E-state index in [4.69, 9.17) is 21.1 Å². The van der Waals surface area contributed by atoms with E-state index in [1.165, 1.54) is 35.9 Å². The Morgan fingerprint density at radius 2 is 1.82 bits per heavy atom. The predicted molar refractivity (Wildman–Crippen MR) is 147 cm³/mol. The summed E-state index contributed by atoms with van der Waals surface area (Å²) in [7, 11) is 2.91. The largest absolute Gasteiger partial charge is 0.494 e. The number of hydrogen-bond acceptors (Lipinski definition) is 7. The van der Waals surface area contributed by atoms with E-state index in [9.17, 15) is 19.1 Å². The van der Waals surface area contributed by atoms with E-state index in [0.29, 0.717) is 23.5 Å². The molecule has 0 radical (unpaired) electrons. The van der Waals surface area contributed by atoms with Gasteiger partial charge in [0.15, 0.2) is 11.4 Å². The fraction of sp³-hybridized carbons (Fsp3) is 0.241. The number of halogens is 2. The first-order chi connectivity index (χ1) is 19.2. The maximum absolute atomic E-state index is 14.5. The molecule has 5 rings (SSSR count). The lowest BCUT2D eigenvalue weighted by Gasteiger charge is -2.22. The van der Waals surface area contributed by atoms with Crippen molar-refractivity contribution in [2.45, 2.75) is 19.3 Å². The third-order valence-electron chi connectivity index (χ3n) is 6.88. The van der Waals surface area contributed by atoms with Gasteiger partial charge in [0.2, 0.25) is 5.88 Å². The van der Waals surface area contributed by atoms with Gasteiger partial charge < -0.3 is 19.5 Å². The van der Waals surface area contributed by atoms with E-state index < -0.39 is 34.6 Å². The van der Waals surface area contributed by atoms with Crippen molar-refractivity contribution in [3.05, 3.63) is 92.7 Å². The number of nitrogens with zero attached hydrogens (tertiary/aromatic N) is 4. The summed E-state index contributed by atoms with van der Waals surface area (Å²) in [5, 5.41) is 11.8. The molecule has 1 N–H and O–H groups in total. The van der Waals surface area contributed by atoms with Gasteiger partial charge in [-0.1, -0.05) is 41.4 Å². The number of aromatic hydroxyl groups is 1. The summed E-state index contributed by atoms with van der Waals surface area (Å²) in [6, 6.07) is 13.4. The highest BCUT2D eigenvalue weighted by atomic mass is 35.5. The summed E-state index contributed by atoms with van der Waals surface area (Å²) in [5.74, 6) is -1.59. The van der Waals surface area contributed by atoms with E-state index in [2.05, 4.69) is 9.97 Å². The number of benzene rings is 2. The normalized spacial score (nSPS) is 14.8. The highest BCUT2D eigenvalue weighted by Crippen LogP contribution is 2.39. The Morgan fingerprint density at radius 3 is 2.48 bits per heavy atom. The van der Waals surface area contributed by atoms with Crippen LogP contribution in [0.3, 0.4) is 0 Å². The van der Waals surface area contributed by atoms with E-state index >= 15 is 0 Å². The number of aryl methyl sites for hydroxylation is 1. The minimum absolute atomic E-state index is 0.0947. The van der Waals surface area contributed by atoms with E-state index in [0.717, 1.165) is 5.56 Å². The second-order valence-corrected chi connectivity index (χ2v) is 9.85. The SMILES string of the molecule is COc1cccc(OC)c1-n1c(-c2cccc(C)c2)nc(=O)c(C(=O)N2CCC(c3ncc(Cl)cc3F)C2)c1O. The van der Waals surface area contributed by atoms with Crippen molar-refractivity contribution >= 4 is 17.5 Å². The Bertz CT molecular complexity index is 1650. The number of amides is 1. The number of likely N-dealkylation sites (tertiary alicyclic amines) is 1. The van der Waals surface area contributed by atoms with Crippen LogP contribution in [0.15, 0.2) is 59.5 Å². The van der Waals surface area contributed by atoms with Crippen LogP contribution in [0.25, 0.3) is 17.1 Å². The molecule has 1 aliphatic rings. The maximum Gasteiger partial charge on any atom is 0.290 e. The average molecular weight is 565 g/mol. The third-order valence-corrected chi connectivity index (χ3v) is 7.09. The highest BCUT2D eigenvalue weighted by molar-refractivity contribution is 6.30. The molecule has 3 heterocycles. The van der Waals surface area contributed by atoms with Crippen LogP contribution < -0.4 is 15.0 Å². The molecule has 4 aromatic rings. The molecule has 1 unspecified atom stereocenters. The molecule has 40 heavy (non-hydrogen) atoms. The quantitative estimate of drug-likeness (QED) is 0.360. The van der Waals surface area contributed by atoms with Gasteiger partial charge in [-0.25, -0.2) is 4.39 Å². The van der Waals surface area contributed by atoms with Gasteiger partial charge in [-0.05, 0) is 37.6 Å². The zero-order chi connectivity index (χ0) is 28.6. The number of ether oxygens (including phenoxy) is 2. The van der Waals surface area contributed by atoms with Gasteiger partial charge in [-0.3, -0.25) is 19.1 Å². The van der Waals surface area contributed by atoms with Gasteiger partial charge >= 0.3 is 0 Å². The standard InChI is InChI=1S/C29H26ClFN4O5/c1-16-6-4-7-17(12-16)26-33-27(36)23(29(38)35(26)25-21(39-2)8-5-9-22(25)40-3)28(37)34-11-10-18(15-34)24-20(31)13-19(30)14-32-24/h4-9,12-14,18,38H,10-11,15H2,1-3H3. The molecule has 0 aliphatic carbocycles. The summed E-state index contributed by atoms with van der Waals surface area (Å²) >= 11 is 5.84. The molecule has 1 saturated heterocycles. The van der Waals surface area contributed by atoms with Gasteiger partial charge in [0.25, 0.3) is 11.5 Å². The van der Waals surface area contributed by atoms with Gasteiger partial charge in [-0.15, -0.1) is 0 Å². The fourth-order valence-electron chi connectivity index (χ4n) is 4.99. The molecule has 206 valence electrons. The molecule has 2 aromatic heterocycles. The van der Waals surface area contributed by atoms with Gasteiger partial charge in [-0.2, -0.15) is 4.98 Å². The van der Waals surface area contributed by atoms with Crippen LogP contribution in [0.1, 0.15) is 34.0 Å². The first kappa shape index (κ1) is 27.1. The third kappa shape index (κ3) is 4.86. The smallest absolute Gasteiger partial charge is 0.290 e. The lowest BCUT2D eigenvalue weighted by Crippen LogP contribution is -2.34. The molecule has 0 saturated carbocycles. The van der Waals surface area contributed by atoms with Crippen molar-refractivity contribution in [2.24, 2.45) is 0 Å². The second-order valence-electron chi connectivity index (χ2n) is 9.41. The summed E-state index contributed by atoms with van der Waals surface area (Å²) in [6.45, 7) is 2.21. The summed E-state index contributed by atoms with van der Waals surface area (Å²) in [5.41, 5.74) is 0.460. The van der Waals surface area contributed by atoms with Crippen molar-refractivity contribution in [2.75, 3.05) is 27.3 Å². The Kier molecular flexibility index (Phi) is 7.44. The van der Waals surface area contributed by atoms with Crippen molar-refractivity contribution in [1.29, 1.82) is 0 Å². The monoisotopic (exact) mass is 564 g/mol. The number of aromatic nitrogens is 3. The second kappa shape index (κ2) is 11.0. The summed E-state index contributed by atoms with van der Waals surface area (Å²) in [6.07, 6.45) is 1.77. The first-order valence-corrected chi connectivity index (χ1v) is 12.9. The maximum atomic E-state index is 14.5. The number of para-hydroxylation sites is 1. The minimum Gasteiger partial charge on any atom is -0.494 e. The van der Waals surface area contributed by atoms with Crippen molar-refractivity contribution in [3.63, 3.8) is 0 Å². The predicted octanol–water partition coefficient (Wildman–Crippen LogP) is 4.75. The van der Waals surface area contributed by atoms with Crippen molar-refractivity contribution in [1.82, 2.24) is 19.4 Å². The lowest BCUT2D eigenvalue weighted by atomic mass is 10.0. The van der Waals surface area contributed by atoms with Crippen LogP contribution in [0.4, 0.5) is 4.39 Å². The molecule has 1 atom stereocenters. The van der Waals surface area contributed by atoms with E-state index in [1.54, 1.807) is 36.4 Å². The number of pyridine rings is 1. The van der Waals surface area contributed by atoms with Crippen molar-refractivity contribution in [3.8, 4) is 34.5 Å². The van der Waals surface area contributed by atoms with Gasteiger partial charge in [0.05, 0.1) is 24.9 Å². The molecule has 2 aromatic carbocycles. The van der Waals surface area contributed by atoms with Crippen molar-refractivity contribution < 1.29 is 23.8 Å². The molecule has 9 nitrogen and oxygen atoms in total. The molecule has 0 spiro atoms. The van der Waals surface area contributed by atoms with Gasteiger partial charge in [0.1, 0.15) is 23.0 Å². The molecule has 1 aliphatic heterocycles. The van der Waals surface area contributed by atoms with Crippen LogP contribution in [0.2, 0.25) is 5.02 Å². The number of methoxy groups -OCH3 is 2. The fourth-order valence-corrected chi connectivity index (χ4v) is 5.13. The Balaban J connectivity index is 1.65. The van der Waals surface area contributed by atoms with Crippen LogP contribution in [0.5, 0.6) is 17.4 Å². The minimum atomic E-state index is -0.900.